The number of aliphatic hydroxyl groups excluding tert-OH is 2. The Labute approximate surface area is 421 Å². The SMILES string of the molecule is CCCCCCCC(=O)OCCCCCOC(=O)CC(CC(C)(O)OCCCCCOC(=O)CCCCCCC)(OC(=O)CCN(CCO)CCO)C(=O)OCCCCCOC(=O)CCCCCCC. The summed E-state index contributed by atoms with van der Waals surface area (Å²) < 4.78 is 39.0. The molecule has 3 N–H and O–H groups in total. The van der Waals surface area contributed by atoms with Crippen LogP contribution in [0.1, 0.15) is 220 Å². The molecule has 0 heterocycles. The summed E-state index contributed by atoms with van der Waals surface area (Å²) in [5.41, 5.74) is -2.39. The molecule has 0 spiro atoms. The maximum atomic E-state index is 14.2. The highest BCUT2D eigenvalue weighted by atomic mass is 16.6. The lowest BCUT2D eigenvalue weighted by molar-refractivity contribution is -0.234. The number of aliphatic hydroxyl groups is 3. The molecule has 0 fully saturated rings. The van der Waals surface area contributed by atoms with Crippen molar-refractivity contribution in [3.8, 4) is 0 Å². The zero-order valence-corrected chi connectivity index (χ0v) is 44.1. The Balaban J connectivity index is 5.82. The number of ether oxygens (including phenoxy) is 7. The summed E-state index contributed by atoms with van der Waals surface area (Å²) in [6.45, 7) is 8.19. The van der Waals surface area contributed by atoms with Crippen LogP contribution in [0.3, 0.4) is 0 Å². The number of unbranched alkanes of at least 4 members (excludes halogenated alkanes) is 18. The monoisotopic (exact) mass is 1000 g/mol. The van der Waals surface area contributed by atoms with Gasteiger partial charge in [0.25, 0.3) is 0 Å². The van der Waals surface area contributed by atoms with E-state index >= 15 is 0 Å². The third-order valence-corrected chi connectivity index (χ3v) is 11.7. The fourth-order valence-corrected chi connectivity index (χ4v) is 7.63. The molecule has 0 saturated carbocycles. The predicted molar refractivity (Wildman–Crippen MR) is 266 cm³/mol. The second-order valence-corrected chi connectivity index (χ2v) is 18.6. The van der Waals surface area contributed by atoms with Crippen LogP contribution in [0, 0.1) is 0 Å². The van der Waals surface area contributed by atoms with E-state index in [1.54, 1.807) is 4.90 Å². The molecule has 17 nitrogen and oxygen atoms in total. The number of hydrogen-bond donors (Lipinski definition) is 3. The molecule has 0 aliphatic rings. The molecule has 70 heavy (non-hydrogen) atoms. The zero-order valence-electron chi connectivity index (χ0n) is 44.1. The minimum atomic E-state index is -2.39. The van der Waals surface area contributed by atoms with E-state index in [4.69, 9.17) is 33.2 Å². The Morgan fingerprint density at radius 1 is 0.414 bits per heavy atom. The van der Waals surface area contributed by atoms with Gasteiger partial charge >= 0.3 is 35.8 Å². The van der Waals surface area contributed by atoms with Gasteiger partial charge in [-0.3, -0.25) is 28.9 Å². The molecule has 2 atom stereocenters. The summed E-state index contributed by atoms with van der Waals surface area (Å²) in [6, 6.07) is 0. The van der Waals surface area contributed by atoms with Crippen molar-refractivity contribution < 1.29 is 77.2 Å². The molecule has 0 amide bonds. The fraction of sp³-hybridized carbons (Fsp3) is 0.887. The number of carbonyl (C=O) groups excluding carboxylic acids is 6. The molecule has 2 unspecified atom stereocenters. The van der Waals surface area contributed by atoms with Crippen LogP contribution in [0.5, 0.6) is 0 Å². The van der Waals surface area contributed by atoms with Crippen LogP contribution in [0.15, 0.2) is 0 Å². The standard InChI is InChI=1S/C53H97NO16/c1-5-8-11-14-20-29-46(57)64-38-23-17-25-41-67-50(61)44-53(70-49(60)32-33-54(34-36-55)35-37-56,51(62)68-42-27-18-24-39-65-47(58)30-21-15-12-9-6-2)45-52(4,63)69-43-28-19-26-40-66-48(59)31-22-16-13-10-7-3/h55-56,63H,5-45H2,1-4H3. The van der Waals surface area contributed by atoms with E-state index in [-0.39, 0.29) is 96.8 Å². The van der Waals surface area contributed by atoms with Gasteiger partial charge in [-0.15, -0.1) is 0 Å². The summed E-state index contributed by atoms with van der Waals surface area (Å²) in [7, 11) is 0. The third kappa shape index (κ3) is 39.3. The first-order chi connectivity index (χ1) is 33.8. The van der Waals surface area contributed by atoms with E-state index in [1.807, 2.05) is 0 Å². The van der Waals surface area contributed by atoms with Crippen LogP contribution in [0.4, 0.5) is 0 Å². The molecule has 0 aromatic carbocycles. The van der Waals surface area contributed by atoms with Gasteiger partial charge in [0.1, 0.15) is 0 Å². The van der Waals surface area contributed by atoms with Crippen molar-refractivity contribution in [3.63, 3.8) is 0 Å². The molecule has 17 heteroatoms. The Morgan fingerprint density at radius 3 is 1.17 bits per heavy atom. The Hall–Kier alpha value is -3.38. The summed E-state index contributed by atoms with van der Waals surface area (Å²) >= 11 is 0. The van der Waals surface area contributed by atoms with Crippen LogP contribution in [0.2, 0.25) is 0 Å². The van der Waals surface area contributed by atoms with Gasteiger partial charge in [-0.05, 0) is 84.0 Å². The van der Waals surface area contributed by atoms with E-state index in [0.29, 0.717) is 77.0 Å². The van der Waals surface area contributed by atoms with Gasteiger partial charge in [-0.2, -0.15) is 0 Å². The smallest absolute Gasteiger partial charge is 0.351 e. The minimum absolute atomic E-state index is 0.0247. The lowest BCUT2D eigenvalue weighted by Crippen LogP contribution is -2.52. The highest BCUT2D eigenvalue weighted by molar-refractivity contribution is 5.88. The summed E-state index contributed by atoms with van der Waals surface area (Å²) in [5, 5.41) is 30.6. The summed E-state index contributed by atoms with van der Waals surface area (Å²) in [4.78, 5) is 79.4. The second kappa shape index (κ2) is 45.5. The maximum Gasteiger partial charge on any atom is 0.351 e. The van der Waals surface area contributed by atoms with E-state index < -0.39 is 42.1 Å². The maximum absolute atomic E-state index is 14.2. The molecule has 410 valence electrons. The van der Waals surface area contributed by atoms with E-state index in [1.165, 1.54) is 6.92 Å². The lowest BCUT2D eigenvalue weighted by Gasteiger charge is -2.36. The molecule has 0 aliphatic heterocycles. The quantitative estimate of drug-likeness (QED) is 0.0224. The Bertz CT molecular complexity index is 1340. The molecule has 0 aliphatic carbocycles. The minimum Gasteiger partial charge on any atom is -0.466 e. The average molecular weight is 1000 g/mol. The van der Waals surface area contributed by atoms with Crippen molar-refractivity contribution in [3.05, 3.63) is 0 Å². The molecule has 0 bridgehead atoms. The Morgan fingerprint density at radius 2 is 0.771 bits per heavy atom. The third-order valence-electron chi connectivity index (χ3n) is 11.7. The first kappa shape index (κ1) is 66.6. The van der Waals surface area contributed by atoms with E-state index in [9.17, 15) is 44.1 Å². The van der Waals surface area contributed by atoms with E-state index in [2.05, 4.69) is 20.8 Å². The van der Waals surface area contributed by atoms with Crippen LogP contribution in [0.25, 0.3) is 0 Å². The summed E-state index contributed by atoms with van der Waals surface area (Å²) in [5.74, 6) is -5.71. The molecule has 0 saturated heterocycles. The van der Waals surface area contributed by atoms with Crippen LogP contribution in [-0.4, -0.2) is 140 Å². The number of carbonyl (C=O) groups is 6. The number of rotatable bonds is 50. The van der Waals surface area contributed by atoms with Crippen LogP contribution in [-0.2, 0) is 61.9 Å². The Kier molecular flexibility index (Phi) is 43.3. The van der Waals surface area contributed by atoms with Gasteiger partial charge in [-0.1, -0.05) is 97.8 Å². The van der Waals surface area contributed by atoms with Crippen molar-refractivity contribution in [2.24, 2.45) is 0 Å². The zero-order chi connectivity index (χ0) is 52.0. The molecular formula is C53H97NO16. The van der Waals surface area contributed by atoms with E-state index in [0.717, 1.165) is 96.3 Å². The topological polar surface area (TPSA) is 231 Å². The predicted octanol–water partition coefficient (Wildman–Crippen LogP) is 8.76. The molecule has 0 aromatic rings. The highest BCUT2D eigenvalue weighted by Crippen LogP contribution is 2.32. The molecule has 0 radical (unpaired) electrons. The van der Waals surface area contributed by atoms with Crippen molar-refractivity contribution in [1.29, 1.82) is 0 Å². The summed E-state index contributed by atoms with van der Waals surface area (Å²) in [6.07, 6.45) is 19.4. The highest BCUT2D eigenvalue weighted by Gasteiger charge is 2.51. The number of hydrogen-bond acceptors (Lipinski definition) is 17. The van der Waals surface area contributed by atoms with Gasteiger partial charge in [0, 0.05) is 38.9 Å². The molecule has 0 rings (SSSR count). The van der Waals surface area contributed by atoms with Crippen LogP contribution >= 0.6 is 0 Å². The van der Waals surface area contributed by atoms with Gasteiger partial charge in [0.05, 0.1) is 72.1 Å². The normalized spacial score (nSPS) is 13.0. The van der Waals surface area contributed by atoms with Crippen molar-refractivity contribution in [1.82, 2.24) is 4.90 Å². The average Bonchev–Trinajstić information content (AvgIpc) is 3.31. The van der Waals surface area contributed by atoms with Crippen molar-refractivity contribution in [2.75, 3.05) is 72.5 Å². The van der Waals surface area contributed by atoms with Crippen molar-refractivity contribution >= 4 is 35.8 Å². The fourth-order valence-electron chi connectivity index (χ4n) is 7.63. The van der Waals surface area contributed by atoms with Gasteiger partial charge in [0.2, 0.25) is 5.60 Å². The van der Waals surface area contributed by atoms with Crippen molar-refractivity contribution in [2.45, 2.75) is 232 Å². The van der Waals surface area contributed by atoms with Gasteiger partial charge in [-0.25, -0.2) is 4.79 Å². The number of nitrogens with zero attached hydrogens (tertiary/aromatic N) is 1. The largest absolute Gasteiger partial charge is 0.466 e. The second-order valence-electron chi connectivity index (χ2n) is 18.6. The number of esters is 6. The molecule has 0 aromatic heterocycles. The molecular weight excluding hydrogens is 907 g/mol. The lowest BCUT2D eigenvalue weighted by atomic mass is 9.90. The first-order valence-corrected chi connectivity index (χ1v) is 27.1. The van der Waals surface area contributed by atoms with Gasteiger partial charge in [0.15, 0.2) is 5.79 Å². The van der Waals surface area contributed by atoms with Gasteiger partial charge < -0.3 is 48.5 Å². The first-order valence-electron chi connectivity index (χ1n) is 27.1. The van der Waals surface area contributed by atoms with Crippen LogP contribution < -0.4 is 0 Å².